The number of amides is 1. The first kappa shape index (κ1) is 24.0. The van der Waals surface area contributed by atoms with Gasteiger partial charge in [-0.25, -0.2) is 4.98 Å². The van der Waals surface area contributed by atoms with Crippen molar-refractivity contribution in [3.63, 3.8) is 0 Å². The second-order valence-corrected chi connectivity index (χ2v) is 9.45. The first-order valence-corrected chi connectivity index (χ1v) is 12.2. The number of carbonyl (C=O) groups is 1. The molecule has 0 saturated carbocycles. The van der Waals surface area contributed by atoms with Crippen molar-refractivity contribution in [3.05, 3.63) is 53.1 Å². The molecule has 0 spiro atoms. The average Bonchev–Trinajstić information content (AvgIpc) is 3.17. The highest BCUT2D eigenvalue weighted by molar-refractivity contribution is 7.98. The summed E-state index contributed by atoms with van der Waals surface area (Å²) in [6.45, 7) is 8.80. The third-order valence-corrected chi connectivity index (χ3v) is 7.18. The number of thioether (sulfide) groups is 1. The number of morpholine rings is 1. The molecule has 1 aliphatic heterocycles. The van der Waals surface area contributed by atoms with E-state index in [4.69, 9.17) is 9.72 Å². The van der Waals surface area contributed by atoms with E-state index in [0.717, 1.165) is 64.9 Å². The Morgan fingerprint density at radius 2 is 1.97 bits per heavy atom. The maximum atomic E-state index is 13.6. The van der Waals surface area contributed by atoms with Crippen molar-refractivity contribution in [2.24, 2.45) is 0 Å². The van der Waals surface area contributed by atoms with Crippen molar-refractivity contribution in [1.29, 1.82) is 0 Å². The average molecular weight is 478 g/mol. The molecular formula is C23H28ClN3O2S2. The standard InChI is InChI=1S/C23H27N3O2S2.ClH/c1-16-4-6-19(17(2)14-16)22(27)26(9-8-25-10-12-28-13-11-25)23-24-20-7-5-18(29-3)15-21(20)30-23;/h4-7,14-15H,8-13H2,1-3H3;1H. The van der Waals surface area contributed by atoms with Crippen LogP contribution >= 0.6 is 35.5 Å². The zero-order chi connectivity index (χ0) is 21.1. The van der Waals surface area contributed by atoms with Gasteiger partial charge in [-0.15, -0.1) is 24.2 Å². The van der Waals surface area contributed by atoms with Gasteiger partial charge in [0.05, 0.1) is 23.4 Å². The summed E-state index contributed by atoms with van der Waals surface area (Å²) in [5.74, 6) is 0.0184. The quantitative estimate of drug-likeness (QED) is 0.465. The van der Waals surface area contributed by atoms with Crippen LogP contribution in [0.25, 0.3) is 10.2 Å². The number of hydrogen-bond acceptors (Lipinski definition) is 6. The summed E-state index contributed by atoms with van der Waals surface area (Å²) in [4.78, 5) is 23.8. The highest BCUT2D eigenvalue weighted by Gasteiger charge is 2.24. The Kier molecular flexibility index (Phi) is 8.36. The van der Waals surface area contributed by atoms with Crippen LogP contribution in [0.5, 0.6) is 0 Å². The van der Waals surface area contributed by atoms with E-state index in [1.807, 2.05) is 36.9 Å². The second-order valence-electron chi connectivity index (χ2n) is 7.56. The molecule has 0 N–H and O–H groups in total. The molecule has 0 bridgehead atoms. The van der Waals surface area contributed by atoms with Gasteiger partial charge >= 0.3 is 0 Å². The number of aryl methyl sites for hydroxylation is 2. The molecule has 8 heteroatoms. The summed E-state index contributed by atoms with van der Waals surface area (Å²) >= 11 is 3.31. The van der Waals surface area contributed by atoms with Crippen LogP contribution in [0.4, 0.5) is 5.13 Å². The van der Waals surface area contributed by atoms with Crippen LogP contribution in [0.3, 0.4) is 0 Å². The van der Waals surface area contributed by atoms with E-state index in [-0.39, 0.29) is 18.3 Å². The van der Waals surface area contributed by atoms with Crippen LogP contribution in [-0.2, 0) is 4.74 Å². The third-order valence-electron chi connectivity index (χ3n) is 5.42. The fourth-order valence-corrected chi connectivity index (χ4v) is 5.23. The lowest BCUT2D eigenvalue weighted by Gasteiger charge is -2.29. The van der Waals surface area contributed by atoms with E-state index in [9.17, 15) is 4.79 Å². The summed E-state index contributed by atoms with van der Waals surface area (Å²) in [6.07, 6.45) is 2.07. The third kappa shape index (κ3) is 5.59. The second kappa shape index (κ2) is 10.8. The van der Waals surface area contributed by atoms with Crippen LogP contribution in [-0.4, -0.2) is 61.4 Å². The number of anilines is 1. The summed E-state index contributed by atoms with van der Waals surface area (Å²) in [5, 5.41) is 0.765. The van der Waals surface area contributed by atoms with Gasteiger partial charge in [0.2, 0.25) is 0 Å². The van der Waals surface area contributed by atoms with Crippen LogP contribution < -0.4 is 4.90 Å². The van der Waals surface area contributed by atoms with Gasteiger partial charge in [-0.1, -0.05) is 29.0 Å². The van der Waals surface area contributed by atoms with E-state index < -0.39 is 0 Å². The topological polar surface area (TPSA) is 45.7 Å². The molecule has 31 heavy (non-hydrogen) atoms. The molecule has 1 aromatic heterocycles. The zero-order valence-corrected chi connectivity index (χ0v) is 20.5. The van der Waals surface area contributed by atoms with Gasteiger partial charge < -0.3 is 4.74 Å². The predicted octanol–water partition coefficient (Wildman–Crippen LogP) is 5.04. The Balaban J connectivity index is 0.00000272. The van der Waals surface area contributed by atoms with Crippen molar-refractivity contribution >= 4 is 56.8 Å². The molecule has 2 aromatic carbocycles. The number of halogens is 1. The van der Waals surface area contributed by atoms with Gasteiger partial charge in [-0.3, -0.25) is 14.6 Å². The number of nitrogens with zero attached hydrogens (tertiary/aromatic N) is 3. The van der Waals surface area contributed by atoms with Gasteiger partial charge in [-0.05, 0) is 49.9 Å². The number of ether oxygens (including phenoxy) is 1. The molecule has 0 atom stereocenters. The molecule has 0 aliphatic carbocycles. The Labute approximate surface area is 198 Å². The number of hydrogen-bond donors (Lipinski definition) is 0. The van der Waals surface area contributed by atoms with Gasteiger partial charge in [0.25, 0.3) is 5.91 Å². The van der Waals surface area contributed by atoms with E-state index >= 15 is 0 Å². The van der Waals surface area contributed by atoms with Crippen LogP contribution in [0.15, 0.2) is 41.3 Å². The first-order chi connectivity index (χ1) is 14.5. The molecule has 3 aromatic rings. The van der Waals surface area contributed by atoms with Crippen molar-refractivity contribution in [1.82, 2.24) is 9.88 Å². The van der Waals surface area contributed by atoms with Crippen molar-refractivity contribution in [2.75, 3.05) is 50.5 Å². The lowest BCUT2D eigenvalue weighted by molar-refractivity contribution is 0.0391. The highest BCUT2D eigenvalue weighted by atomic mass is 35.5. The molecule has 1 aliphatic rings. The monoisotopic (exact) mass is 477 g/mol. The smallest absolute Gasteiger partial charge is 0.260 e. The number of fused-ring (bicyclic) bond motifs is 1. The van der Waals surface area contributed by atoms with E-state index in [1.165, 1.54) is 4.90 Å². The number of carbonyl (C=O) groups excluding carboxylic acids is 1. The number of benzene rings is 2. The lowest BCUT2D eigenvalue weighted by Crippen LogP contribution is -2.43. The van der Waals surface area contributed by atoms with Crippen molar-refractivity contribution in [2.45, 2.75) is 18.7 Å². The van der Waals surface area contributed by atoms with E-state index in [2.05, 4.69) is 29.4 Å². The molecule has 0 unspecified atom stereocenters. The predicted molar refractivity (Wildman–Crippen MR) is 134 cm³/mol. The Hall–Kier alpha value is -1.64. The fourth-order valence-electron chi connectivity index (χ4n) is 3.68. The lowest BCUT2D eigenvalue weighted by atomic mass is 10.0. The summed E-state index contributed by atoms with van der Waals surface area (Å²) in [6, 6.07) is 12.3. The minimum Gasteiger partial charge on any atom is -0.379 e. The molecule has 1 fully saturated rings. The van der Waals surface area contributed by atoms with Crippen molar-refractivity contribution < 1.29 is 9.53 Å². The molecular weight excluding hydrogens is 450 g/mol. The Bertz CT molecular complexity index is 1050. The number of thiazole rings is 1. The number of rotatable bonds is 6. The Morgan fingerprint density at radius 1 is 1.19 bits per heavy atom. The minimum atomic E-state index is 0. The fraction of sp³-hybridized carbons (Fsp3) is 0.391. The van der Waals surface area contributed by atoms with Gasteiger partial charge in [0.1, 0.15) is 0 Å². The van der Waals surface area contributed by atoms with Gasteiger partial charge in [-0.2, -0.15) is 0 Å². The molecule has 2 heterocycles. The zero-order valence-electron chi connectivity index (χ0n) is 18.1. The molecule has 5 nitrogen and oxygen atoms in total. The number of aromatic nitrogens is 1. The highest BCUT2D eigenvalue weighted by Crippen LogP contribution is 2.32. The van der Waals surface area contributed by atoms with E-state index in [0.29, 0.717) is 6.54 Å². The normalized spacial score (nSPS) is 14.4. The minimum absolute atomic E-state index is 0. The van der Waals surface area contributed by atoms with E-state index in [1.54, 1.807) is 23.1 Å². The maximum Gasteiger partial charge on any atom is 0.260 e. The Morgan fingerprint density at radius 3 is 2.68 bits per heavy atom. The van der Waals surface area contributed by atoms with Gasteiger partial charge in [0, 0.05) is 36.6 Å². The first-order valence-electron chi connectivity index (χ1n) is 10.2. The van der Waals surface area contributed by atoms with Crippen molar-refractivity contribution in [3.8, 4) is 0 Å². The summed E-state index contributed by atoms with van der Waals surface area (Å²) in [5.41, 5.74) is 3.85. The maximum absolute atomic E-state index is 13.6. The SMILES string of the molecule is CSc1ccc2nc(N(CCN3CCOCC3)C(=O)c3ccc(C)cc3C)sc2c1.Cl. The molecule has 166 valence electrons. The largest absolute Gasteiger partial charge is 0.379 e. The molecule has 0 radical (unpaired) electrons. The van der Waals surface area contributed by atoms with Crippen LogP contribution in [0.2, 0.25) is 0 Å². The molecule has 1 amide bonds. The van der Waals surface area contributed by atoms with Crippen LogP contribution in [0.1, 0.15) is 21.5 Å². The summed E-state index contributed by atoms with van der Waals surface area (Å²) in [7, 11) is 0. The summed E-state index contributed by atoms with van der Waals surface area (Å²) < 4.78 is 6.57. The van der Waals surface area contributed by atoms with Gasteiger partial charge in [0.15, 0.2) is 5.13 Å². The molecule has 4 rings (SSSR count). The molecule has 1 saturated heterocycles. The van der Waals surface area contributed by atoms with Crippen LogP contribution in [0, 0.1) is 13.8 Å².